The molecule has 0 atom stereocenters. The molecule has 3 aromatic rings. The van der Waals surface area contributed by atoms with Crippen LogP contribution in [0, 0.1) is 0 Å². The van der Waals surface area contributed by atoms with Gasteiger partial charge in [0.2, 0.25) is 0 Å². The molecule has 1 N–H and O–H groups in total. The van der Waals surface area contributed by atoms with E-state index < -0.39 is 0 Å². The number of fused-ring (bicyclic) bond motifs is 1. The van der Waals surface area contributed by atoms with Crippen molar-refractivity contribution in [2.75, 3.05) is 5.32 Å². The number of aromatic nitrogens is 3. The van der Waals surface area contributed by atoms with E-state index in [4.69, 9.17) is 0 Å². The largest absolute Gasteiger partial charge is 0.339 e. The summed E-state index contributed by atoms with van der Waals surface area (Å²) in [5.74, 6) is 0.796. The van der Waals surface area contributed by atoms with Crippen molar-refractivity contribution in [3.05, 3.63) is 54.9 Å². The number of hydrogen-bond acceptors (Lipinski definition) is 3. The van der Waals surface area contributed by atoms with Crippen LogP contribution < -0.4 is 5.32 Å². The van der Waals surface area contributed by atoms with Crippen molar-refractivity contribution in [2.45, 2.75) is 0 Å². The monoisotopic (exact) mass is 210 g/mol. The van der Waals surface area contributed by atoms with Gasteiger partial charge in [0.15, 0.2) is 11.5 Å². The van der Waals surface area contributed by atoms with E-state index >= 15 is 0 Å². The number of nitrogens with one attached hydrogen (secondary N) is 1. The summed E-state index contributed by atoms with van der Waals surface area (Å²) in [7, 11) is 0. The predicted molar refractivity (Wildman–Crippen MR) is 62.7 cm³/mol. The third kappa shape index (κ3) is 1.61. The van der Waals surface area contributed by atoms with Crippen molar-refractivity contribution >= 4 is 17.2 Å². The third-order valence-corrected chi connectivity index (χ3v) is 2.28. The van der Waals surface area contributed by atoms with Crippen molar-refractivity contribution in [2.24, 2.45) is 0 Å². The molecular formula is C12H10N4. The lowest BCUT2D eigenvalue weighted by atomic mass is 10.3. The minimum atomic E-state index is 0.796. The maximum absolute atomic E-state index is 4.35. The number of hydrogen-bond donors (Lipinski definition) is 1. The molecule has 0 unspecified atom stereocenters. The van der Waals surface area contributed by atoms with Crippen LogP contribution in [0.15, 0.2) is 54.9 Å². The molecule has 0 aliphatic rings. The van der Waals surface area contributed by atoms with E-state index in [1.165, 1.54) is 0 Å². The van der Waals surface area contributed by atoms with E-state index in [9.17, 15) is 0 Å². The molecule has 0 aliphatic carbocycles. The van der Waals surface area contributed by atoms with E-state index in [1.807, 2.05) is 48.7 Å². The van der Waals surface area contributed by atoms with Gasteiger partial charge in [0.25, 0.3) is 0 Å². The van der Waals surface area contributed by atoms with E-state index in [0.717, 1.165) is 17.2 Å². The van der Waals surface area contributed by atoms with Gasteiger partial charge in [-0.15, -0.1) is 5.10 Å². The van der Waals surface area contributed by atoms with Crippen LogP contribution in [-0.4, -0.2) is 14.6 Å². The lowest BCUT2D eigenvalue weighted by molar-refractivity contribution is 0.943. The van der Waals surface area contributed by atoms with Gasteiger partial charge in [0, 0.05) is 24.1 Å². The highest BCUT2D eigenvalue weighted by molar-refractivity contribution is 5.60. The molecule has 0 aliphatic heterocycles. The molecule has 0 saturated heterocycles. The zero-order chi connectivity index (χ0) is 10.8. The van der Waals surface area contributed by atoms with Crippen molar-refractivity contribution < 1.29 is 0 Å². The molecule has 2 heterocycles. The fourth-order valence-electron chi connectivity index (χ4n) is 1.56. The van der Waals surface area contributed by atoms with Gasteiger partial charge in [-0.1, -0.05) is 18.2 Å². The minimum Gasteiger partial charge on any atom is -0.339 e. The summed E-state index contributed by atoms with van der Waals surface area (Å²) in [5, 5.41) is 7.57. The number of rotatable bonds is 2. The lowest BCUT2D eigenvalue weighted by Gasteiger charge is -2.00. The fraction of sp³-hybridized carbons (Fsp3) is 0. The van der Waals surface area contributed by atoms with Crippen molar-refractivity contribution in [3.8, 4) is 0 Å². The molecule has 0 fully saturated rings. The summed E-state index contributed by atoms with van der Waals surface area (Å²) in [6.45, 7) is 0. The topological polar surface area (TPSA) is 42.2 Å². The quantitative estimate of drug-likeness (QED) is 0.706. The van der Waals surface area contributed by atoms with E-state index in [1.54, 1.807) is 10.7 Å². The first-order valence-corrected chi connectivity index (χ1v) is 5.04. The number of nitrogens with zero attached hydrogens (tertiary/aromatic N) is 3. The molecule has 78 valence electrons. The first-order valence-electron chi connectivity index (χ1n) is 5.04. The number of anilines is 2. The minimum absolute atomic E-state index is 0.796. The maximum atomic E-state index is 4.35. The SMILES string of the molecule is c1ccc(Nc2cc3ncccn3n2)cc1. The summed E-state index contributed by atoms with van der Waals surface area (Å²) < 4.78 is 1.74. The van der Waals surface area contributed by atoms with Crippen LogP contribution in [-0.2, 0) is 0 Å². The first-order chi connectivity index (χ1) is 7.92. The molecular weight excluding hydrogens is 200 g/mol. The summed E-state index contributed by atoms with van der Waals surface area (Å²) in [4.78, 5) is 4.20. The Hall–Kier alpha value is -2.36. The highest BCUT2D eigenvalue weighted by Gasteiger charge is 2.00. The van der Waals surface area contributed by atoms with Crippen LogP contribution in [0.4, 0.5) is 11.5 Å². The van der Waals surface area contributed by atoms with Crippen LogP contribution in [0.2, 0.25) is 0 Å². The number of para-hydroxylation sites is 1. The Kier molecular flexibility index (Phi) is 2.04. The zero-order valence-electron chi connectivity index (χ0n) is 8.54. The molecule has 1 aromatic carbocycles. The molecule has 4 heteroatoms. The first kappa shape index (κ1) is 8.91. The molecule has 2 aromatic heterocycles. The molecule has 0 amide bonds. The third-order valence-electron chi connectivity index (χ3n) is 2.28. The van der Waals surface area contributed by atoms with Crippen LogP contribution in [0.25, 0.3) is 5.65 Å². The van der Waals surface area contributed by atoms with Gasteiger partial charge in [-0.25, -0.2) is 9.50 Å². The zero-order valence-corrected chi connectivity index (χ0v) is 8.54. The molecule has 0 spiro atoms. The van der Waals surface area contributed by atoms with Crippen LogP contribution in [0.5, 0.6) is 0 Å². The molecule has 16 heavy (non-hydrogen) atoms. The van der Waals surface area contributed by atoms with Gasteiger partial charge < -0.3 is 5.32 Å². The van der Waals surface area contributed by atoms with Gasteiger partial charge in [-0.3, -0.25) is 0 Å². The second-order valence-corrected chi connectivity index (χ2v) is 3.44. The van der Waals surface area contributed by atoms with E-state index in [2.05, 4.69) is 15.4 Å². The lowest BCUT2D eigenvalue weighted by Crippen LogP contribution is -1.91. The molecule has 0 saturated carbocycles. The summed E-state index contributed by atoms with van der Waals surface area (Å²) in [5.41, 5.74) is 1.85. The van der Waals surface area contributed by atoms with Gasteiger partial charge in [0.1, 0.15) is 0 Å². The van der Waals surface area contributed by atoms with Crippen LogP contribution >= 0.6 is 0 Å². The van der Waals surface area contributed by atoms with Crippen LogP contribution in [0.3, 0.4) is 0 Å². The average Bonchev–Trinajstić information content (AvgIpc) is 2.72. The second-order valence-electron chi connectivity index (χ2n) is 3.44. The molecule has 3 rings (SSSR count). The summed E-state index contributed by atoms with van der Waals surface area (Å²) >= 11 is 0. The molecule has 4 nitrogen and oxygen atoms in total. The highest BCUT2D eigenvalue weighted by atomic mass is 15.3. The second kappa shape index (κ2) is 3.66. The standard InChI is InChI=1S/C12H10N4/c1-2-5-10(6-3-1)14-11-9-12-13-7-4-8-16(12)15-11/h1-9H,(H,14,15). The predicted octanol–water partition coefficient (Wildman–Crippen LogP) is 2.47. The van der Waals surface area contributed by atoms with Crippen molar-refractivity contribution in [1.82, 2.24) is 14.6 Å². The van der Waals surface area contributed by atoms with Gasteiger partial charge in [-0.2, -0.15) is 0 Å². The average molecular weight is 210 g/mol. The Bertz CT molecular complexity index is 567. The smallest absolute Gasteiger partial charge is 0.157 e. The summed E-state index contributed by atoms with van der Waals surface area (Å²) in [6, 6.07) is 13.7. The normalized spacial score (nSPS) is 10.5. The van der Waals surface area contributed by atoms with Gasteiger partial charge in [0.05, 0.1) is 0 Å². The summed E-state index contributed by atoms with van der Waals surface area (Å²) in [6.07, 6.45) is 3.63. The number of benzene rings is 1. The van der Waals surface area contributed by atoms with Crippen molar-refractivity contribution in [3.63, 3.8) is 0 Å². The van der Waals surface area contributed by atoms with E-state index in [0.29, 0.717) is 0 Å². The van der Waals surface area contributed by atoms with E-state index in [-0.39, 0.29) is 0 Å². The van der Waals surface area contributed by atoms with Gasteiger partial charge in [-0.05, 0) is 18.2 Å². The Balaban J connectivity index is 1.95. The molecule has 0 bridgehead atoms. The highest BCUT2D eigenvalue weighted by Crippen LogP contribution is 2.15. The van der Waals surface area contributed by atoms with Gasteiger partial charge >= 0.3 is 0 Å². The van der Waals surface area contributed by atoms with Crippen LogP contribution in [0.1, 0.15) is 0 Å². The van der Waals surface area contributed by atoms with Crippen molar-refractivity contribution in [1.29, 1.82) is 0 Å². The Morgan fingerprint density at radius 1 is 1.06 bits per heavy atom. The molecule has 0 radical (unpaired) electrons. The maximum Gasteiger partial charge on any atom is 0.157 e. The Morgan fingerprint density at radius 3 is 2.75 bits per heavy atom. The Labute approximate surface area is 92.6 Å². The Morgan fingerprint density at radius 2 is 1.94 bits per heavy atom. The fourth-order valence-corrected chi connectivity index (χ4v) is 1.56.